The van der Waals surface area contributed by atoms with Crippen LogP contribution in [0.5, 0.6) is 11.5 Å². The Labute approximate surface area is 212 Å². The van der Waals surface area contributed by atoms with Crippen LogP contribution >= 0.6 is 0 Å². The number of amides is 1. The molecule has 0 aliphatic carbocycles. The largest absolute Gasteiger partial charge is 0.492 e. The Kier molecular flexibility index (Phi) is 7.50. The zero-order chi connectivity index (χ0) is 24.7. The van der Waals surface area contributed by atoms with Crippen molar-refractivity contribution in [2.24, 2.45) is 4.99 Å². The van der Waals surface area contributed by atoms with E-state index in [1.165, 1.54) is 25.7 Å². The molecule has 1 atom stereocenters. The Hall–Kier alpha value is -3.81. The number of nitrogens with zero attached hydrogens (tertiary/aromatic N) is 4. The van der Waals surface area contributed by atoms with Crippen LogP contribution in [-0.4, -0.2) is 40.0 Å². The lowest BCUT2D eigenvalue weighted by Gasteiger charge is -2.29. The summed E-state index contributed by atoms with van der Waals surface area (Å²) in [7, 11) is 1.66. The Morgan fingerprint density at radius 3 is 2.61 bits per heavy atom. The lowest BCUT2D eigenvalue weighted by atomic mass is 10.0. The highest BCUT2D eigenvalue weighted by molar-refractivity contribution is 6.08. The van der Waals surface area contributed by atoms with E-state index in [0.717, 1.165) is 42.0 Å². The number of unbranched alkanes of at least 4 members (excludes halogenated alkanes) is 5. The summed E-state index contributed by atoms with van der Waals surface area (Å²) in [5, 5.41) is 2.93. The number of nitrogens with one attached hydrogen (secondary N) is 1. The number of rotatable bonds is 12. The van der Waals surface area contributed by atoms with Gasteiger partial charge in [-0.1, -0.05) is 56.0 Å². The molecule has 36 heavy (non-hydrogen) atoms. The van der Waals surface area contributed by atoms with Gasteiger partial charge in [0.1, 0.15) is 6.04 Å². The predicted molar refractivity (Wildman–Crippen MR) is 138 cm³/mol. The third-order valence-corrected chi connectivity index (χ3v) is 6.77. The summed E-state index contributed by atoms with van der Waals surface area (Å²) in [6.07, 6.45) is 12.7. The molecule has 1 unspecified atom stereocenters. The molecule has 0 radical (unpaired) electrons. The molecule has 8 nitrogen and oxygen atoms in total. The lowest BCUT2D eigenvalue weighted by molar-refractivity contribution is -0.121. The van der Waals surface area contributed by atoms with Gasteiger partial charge in [-0.25, -0.2) is 9.98 Å². The number of hydrogen-bond acceptors (Lipinski definition) is 6. The number of methoxy groups -OCH3 is 1. The van der Waals surface area contributed by atoms with Gasteiger partial charge in [-0.2, -0.15) is 0 Å². The molecule has 0 saturated carbocycles. The number of carbonyl (C=O) groups excluding carboxylic acids is 1. The van der Waals surface area contributed by atoms with Crippen LogP contribution in [0.1, 0.15) is 55.7 Å². The summed E-state index contributed by atoms with van der Waals surface area (Å²) in [5.74, 6) is 1.94. The maximum atomic E-state index is 12.8. The number of aryl methyl sites for hydroxylation is 1. The highest BCUT2D eigenvalue weighted by Gasteiger charge is 2.41. The summed E-state index contributed by atoms with van der Waals surface area (Å²) < 4.78 is 14.0. The van der Waals surface area contributed by atoms with Crippen molar-refractivity contribution in [1.82, 2.24) is 19.8 Å². The van der Waals surface area contributed by atoms with Crippen LogP contribution in [0.4, 0.5) is 5.69 Å². The molecule has 3 aromatic rings. The van der Waals surface area contributed by atoms with Crippen LogP contribution in [0.2, 0.25) is 0 Å². The topological polar surface area (TPSA) is 81.0 Å². The number of fused-ring (bicyclic) bond motifs is 2. The van der Waals surface area contributed by atoms with Gasteiger partial charge in [0.2, 0.25) is 5.96 Å². The molecule has 2 aliphatic rings. The summed E-state index contributed by atoms with van der Waals surface area (Å²) in [4.78, 5) is 23.6. The first-order chi connectivity index (χ1) is 17.7. The Bertz CT molecular complexity index is 1190. The van der Waals surface area contributed by atoms with Crippen molar-refractivity contribution < 1.29 is 14.3 Å². The lowest BCUT2D eigenvalue weighted by Crippen LogP contribution is -2.33. The number of hydrogen-bond donors (Lipinski definition) is 1. The van der Waals surface area contributed by atoms with E-state index in [0.29, 0.717) is 24.9 Å². The van der Waals surface area contributed by atoms with Gasteiger partial charge in [0.15, 0.2) is 11.5 Å². The third-order valence-electron chi connectivity index (χ3n) is 6.77. The average molecular weight is 488 g/mol. The van der Waals surface area contributed by atoms with Crippen molar-refractivity contribution in [3.63, 3.8) is 0 Å². The van der Waals surface area contributed by atoms with Crippen LogP contribution in [0.25, 0.3) is 0 Å². The molecule has 1 fully saturated rings. The highest BCUT2D eigenvalue weighted by atomic mass is 16.5. The molecular weight excluding hydrogens is 454 g/mol. The molecule has 1 N–H and O–H groups in total. The molecule has 1 aromatic heterocycles. The summed E-state index contributed by atoms with van der Waals surface area (Å²) in [6.45, 7) is 2.21. The minimum Gasteiger partial charge on any atom is -0.492 e. The van der Waals surface area contributed by atoms with Gasteiger partial charge in [-0.15, -0.1) is 0 Å². The molecule has 1 saturated heterocycles. The van der Waals surface area contributed by atoms with Crippen molar-refractivity contribution in [2.45, 2.75) is 57.7 Å². The number of imidazole rings is 1. The molecule has 0 spiro atoms. The normalized spacial score (nSPS) is 16.2. The molecule has 3 heterocycles. The highest BCUT2D eigenvalue weighted by Crippen LogP contribution is 2.43. The van der Waals surface area contributed by atoms with Gasteiger partial charge >= 0.3 is 0 Å². The zero-order valence-electron chi connectivity index (χ0n) is 20.7. The number of carbonyl (C=O) groups is 1. The van der Waals surface area contributed by atoms with E-state index in [2.05, 4.69) is 14.9 Å². The van der Waals surface area contributed by atoms with Crippen LogP contribution in [0.15, 0.2) is 66.2 Å². The SMILES string of the molecule is COc1c(OCCCCCCCCn2ccnc2)ccc2c1CN1C(=N2)NC(=O)C1c1ccccc1. The zero-order valence-corrected chi connectivity index (χ0v) is 20.7. The minimum atomic E-state index is -0.410. The Balaban J connectivity index is 1.14. The standard InChI is InChI=1S/C28H33N5O3/c1-35-26-22-19-33-25(21-11-7-6-8-12-21)27(34)31-28(33)30-23(22)13-14-24(26)36-18-10-5-3-2-4-9-16-32-17-15-29-20-32/h6-8,11-15,17,20,25H,2-5,9-10,16,18-19H2,1H3,(H,30,31,34). The monoisotopic (exact) mass is 487 g/mol. The van der Waals surface area contributed by atoms with Crippen molar-refractivity contribution >= 4 is 17.6 Å². The second-order valence-electron chi connectivity index (χ2n) is 9.23. The van der Waals surface area contributed by atoms with E-state index in [1.54, 1.807) is 7.11 Å². The molecule has 8 heteroatoms. The van der Waals surface area contributed by atoms with E-state index in [9.17, 15) is 4.79 Å². The van der Waals surface area contributed by atoms with Crippen LogP contribution in [-0.2, 0) is 17.9 Å². The maximum Gasteiger partial charge on any atom is 0.254 e. The second-order valence-corrected chi connectivity index (χ2v) is 9.23. The number of ether oxygens (including phenoxy) is 2. The van der Waals surface area contributed by atoms with E-state index >= 15 is 0 Å². The Morgan fingerprint density at radius 1 is 1.03 bits per heavy atom. The van der Waals surface area contributed by atoms with E-state index in [4.69, 9.17) is 14.5 Å². The molecule has 1 amide bonds. The average Bonchev–Trinajstić information content (AvgIpc) is 3.53. The molecule has 5 rings (SSSR count). The van der Waals surface area contributed by atoms with Crippen LogP contribution < -0.4 is 14.8 Å². The van der Waals surface area contributed by atoms with Gasteiger partial charge in [0.25, 0.3) is 5.91 Å². The minimum absolute atomic E-state index is 0.0649. The quantitative estimate of drug-likeness (QED) is 0.364. The van der Waals surface area contributed by atoms with Gasteiger partial charge < -0.3 is 18.9 Å². The molecule has 2 aliphatic heterocycles. The van der Waals surface area contributed by atoms with E-state index in [1.807, 2.05) is 66.1 Å². The number of guanidine groups is 1. The molecule has 188 valence electrons. The van der Waals surface area contributed by atoms with Crippen molar-refractivity contribution in [2.75, 3.05) is 13.7 Å². The number of benzene rings is 2. The van der Waals surface area contributed by atoms with Crippen molar-refractivity contribution in [1.29, 1.82) is 0 Å². The first-order valence-electron chi connectivity index (χ1n) is 12.7. The van der Waals surface area contributed by atoms with Gasteiger partial charge in [-0.3, -0.25) is 10.1 Å². The summed E-state index contributed by atoms with van der Waals surface area (Å²) in [5.41, 5.74) is 2.68. The number of aromatic nitrogens is 2. The Morgan fingerprint density at radius 2 is 1.83 bits per heavy atom. The molecule has 0 bridgehead atoms. The fourth-order valence-corrected chi connectivity index (χ4v) is 4.92. The van der Waals surface area contributed by atoms with E-state index in [-0.39, 0.29) is 5.91 Å². The fourth-order valence-electron chi connectivity index (χ4n) is 4.92. The maximum absolute atomic E-state index is 12.8. The first-order valence-corrected chi connectivity index (χ1v) is 12.7. The third kappa shape index (κ3) is 5.22. The van der Waals surface area contributed by atoms with Crippen molar-refractivity contribution in [3.8, 4) is 11.5 Å². The fraction of sp³-hybridized carbons (Fsp3) is 0.393. The molecular formula is C28H33N5O3. The summed E-state index contributed by atoms with van der Waals surface area (Å²) >= 11 is 0. The smallest absolute Gasteiger partial charge is 0.254 e. The van der Waals surface area contributed by atoms with Crippen LogP contribution in [0, 0.1) is 0 Å². The van der Waals surface area contributed by atoms with Gasteiger partial charge in [-0.05, 0) is 30.5 Å². The van der Waals surface area contributed by atoms with Crippen molar-refractivity contribution in [3.05, 3.63) is 72.3 Å². The predicted octanol–water partition coefficient (Wildman–Crippen LogP) is 4.99. The van der Waals surface area contributed by atoms with E-state index < -0.39 is 6.04 Å². The van der Waals surface area contributed by atoms with Crippen LogP contribution in [0.3, 0.4) is 0 Å². The van der Waals surface area contributed by atoms with Gasteiger partial charge in [0.05, 0.1) is 32.3 Å². The molecule has 2 aromatic carbocycles. The second kappa shape index (κ2) is 11.3. The van der Waals surface area contributed by atoms with Gasteiger partial charge in [0, 0.05) is 24.5 Å². The number of aliphatic imine (C=N–C) groups is 1. The summed E-state index contributed by atoms with van der Waals surface area (Å²) in [6, 6.07) is 13.2. The first kappa shape index (κ1) is 23.9.